The van der Waals surface area contributed by atoms with Gasteiger partial charge in [-0.05, 0) is 43.0 Å². The van der Waals surface area contributed by atoms with Crippen LogP contribution in [0.25, 0.3) is 16.5 Å². The monoisotopic (exact) mass is 267 g/mol. The van der Waals surface area contributed by atoms with Gasteiger partial charge in [0.15, 0.2) is 0 Å². The Bertz CT molecular complexity index is 768. The van der Waals surface area contributed by atoms with Gasteiger partial charge in [-0.15, -0.1) is 0 Å². The average molecular weight is 268 g/mol. The molecule has 1 N–H and O–H groups in total. The average Bonchev–Trinajstić information content (AvgIpc) is 2.79. The molecule has 0 spiro atoms. The largest absolute Gasteiger partial charge is 0.355 e. The molecule has 0 fully saturated rings. The normalized spacial score (nSPS) is 13.7. The number of hydrogen-bond acceptors (Lipinski definition) is 2. The van der Waals surface area contributed by atoms with E-state index in [1.165, 1.54) is 5.56 Å². The third kappa shape index (κ3) is 1.80. The van der Waals surface area contributed by atoms with Crippen LogP contribution in [0.3, 0.4) is 0 Å². The molecule has 0 amide bonds. The van der Waals surface area contributed by atoms with Crippen LogP contribution in [0.4, 0.5) is 0 Å². The van der Waals surface area contributed by atoms with Crippen molar-refractivity contribution >= 4 is 28.1 Å². The molecule has 0 unspecified atom stereocenters. The fraction of sp³-hybridized carbons (Fsp3) is 0.200. The number of fused-ring (bicyclic) bond motifs is 3. The molecule has 0 bridgehead atoms. The van der Waals surface area contributed by atoms with Crippen LogP contribution in [-0.4, -0.2) is 4.98 Å². The number of halogens is 1. The standard InChI is InChI=1S/C15H10ClN3/c16-10-4-5-14-13(6-10)12-3-1-2-11(15(12)19-14)9(7-17)8-18/h4-6,19H,1-3H2. The highest BCUT2D eigenvalue weighted by molar-refractivity contribution is 6.31. The van der Waals surface area contributed by atoms with Gasteiger partial charge in [-0.1, -0.05) is 11.6 Å². The minimum atomic E-state index is 0.207. The number of H-pyrrole nitrogens is 1. The van der Waals surface area contributed by atoms with Crippen LogP contribution in [0.1, 0.15) is 24.1 Å². The summed E-state index contributed by atoms with van der Waals surface area (Å²) in [4.78, 5) is 3.32. The molecule has 19 heavy (non-hydrogen) atoms. The molecule has 0 saturated carbocycles. The Morgan fingerprint density at radius 1 is 1.21 bits per heavy atom. The first-order valence-electron chi connectivity index (χ1n) is 6.08. The van der Waals surface area contributed by atoms with Gasteiger partial charge in [-0.2, -0.15) is 10.5 Å². The minimum Gasteiger partial charge on any atom is -0.355 e. The van der Waals surface area contributed by atoms with Gasteiger partial charge in [-0.25, -0.2) is 0 Å². The summed E-state index contributed by atoms with van der Waals surface area (Å²) in [5.74, 6) is 0. The molecule has 1 aliphatic rings. The lowest BCUT2D eigenvalue weighted by Crippen LogP contribution is -2.02. The van der Waals surface area contributed by atoms with Crippen molar-refractivity contribution in [3.8, 4) is 12.1 Å². The Morgan fingerprint density at radius 3 is 2.74 bits per heavy atom. The Balaban J connectivity index is 2.34. The number of hydrogen-bond donors (Lipinski definition) is 1. The fourth-order valence-electron chi connectivity index (χ4n) is 2.71. The molecule has 2 aromatic rings. The van der Waals surface area contributed by atoms with E-state index in [0.717, 1.165) is 41.4 Å². The quantitative estimate of drug-likeness (QED) is 0.734. The van der Waals surface area contributed by atoms with Crippen molar-refractivity contribution in [2.75, 3.05) is 0 Å². The summed E-state index contributed by atoms with van der Waals surface area (Å²) in [5, 5.41) is 19.9. The topological polar surface area (TPSA) is 63.4 Å². The number of nitriles is 2. The SMILES string of the molecule is N#CC(C#N)=C1CCCc2c1[nH]c1ccc(Cl)cc21. The molecule has 0 aliphatic heterocycles. The Hall–Kier alpha value is -2.23. The zero-order valence-corrected chi connectivity index (χ0v) is 10.9. The molecular weight excluding hydrogens is 258 g/mol. The smallest absolute Gasteiger partial charge is 0.134 e. The number of benzene rings is 1. The van der Waals surface area contributed by atoms with Crippen LogP contribution in [0, 0.1) is 22.7 Å². The number of aryl methyl sites for hydroxylation is 1. The maximum absolute atomic E-state index is 9.06. The Labute approximate surface area is 115 Å². The lowest BCUT2D eigenvalue weighted by atomic mass is 9.89. The summed E-state index contributed by atoms with van der Waals surface area (Å²) in [5.41, 5.74) is 4.14. The summed E-state index contributed by atoms with van der Waals surface area (Å²) < 4.78 is 0. The third-order valence-electron chi connectivity index (χ3n) is 3.55. The van der Waals surface area contributed by atoms with Gasteiger partial charge in [0, 0.05) is 27.2 Å². The van der Waals surface area contributed by atoms with Crippen molar-refractivity contribution in [2.45, 2.75) is 19.3 Å². The van der Waals surface area contributed by atoms with E-state index in [2.05, 4.69) is 4.98 Å². The second kappa shape index (κ2) is 4.46. The highest BCUT2D eigenvalue weighted by Gasteiger charge is 2.22. The van der Waals surface area contributed by atoms with Crippen molar-refractivity contribution in [3.63, 3.8) is 0 Å². The maximum atomic E-state index is 9.06. The number of nitrogens with one attached hydrogen (secondary N) is 1. The molecule has 92 valence electrons. The van der Waals surface area contributed by atoms with E-state index in [4.69, 9.17) is 22.1 Å². The van der Waals surface area contributed by atoms with Crippen molar-refractivity contribution in [3.05, 3.63) is 40.1 Å². The van der Waals surface area contributed by atoms with Crippen molar-refractivity contribution in [1.29, 1.82) is 10.5 Å². The van der Waals surface area contributed by atoms with Gasteiger partial charge in [0.2, 0.25) is 0 Å². The number of rotatable bonds is 0. The fourth-order valence-corrected chi connectivity index (χ4v) is 2.89. The molecule has 1 aromatic heterocycles. The molecule has 1 aliphatic carbocycles. The van der Waals surface area contributed by atoms with E-state index in [1.54, 1.807) is 0 Å². The molecule has 0 saturated heterocycles. The van der Waals surface area contributed by atoms with Crippen molar-refractivity contribution in [1.82, 2.24) is 4.98 Å². The number of allylic oxidation sites excluding steroid dienone is 2. The van der Waals surface area contributed by atoms with Gasteiger partial charge in [-0.3, -0.25) is 0 Å². The van der Waals surface area contributed by atoms with Crippen molar-refractivity contribution in [2.24, 2.45) is 0 Å². The molecule has 1 heterocycles. The highest BCUT2D eigenvalue weighted by Crippen LogP contribution is 2.37. The molecule has 4 heteroatoms. The van der Waals surface area contributed by atoms with E-state index in [1.807, 2.05) is 30.3 Å². The minimum absolute atomic E-state index is 0.207. The van der Waals surface area contributed by atoms with E-state index in [0.29, 0.717) is 5.02 Å². The summed E-state index contributed by atoms with van der Waals surface area (Å²) in [6, 6.07) is 9.69. The molecule has 3 nitrogen and oxygen atoms in total. The third-order valence-corrected chi connectivity index (χ3v) is 3.78. The number of aromatic amines is 1. The summed E-state index contributed by atoms with van der Waals surface area (Å²) in [6.45, 7) is 0. The van der Waals surface area contributed by atoms with Crippen LogP contribution < -0.4 is 0 Å². The van der Waals surface area contributed by atoms with Gasteiger partial charge in [0.05, 0.1) is 0 Å². The first-order valence-corrected chi connectivity index (χ1v) is 6.46. The van der Waals surface area contributed by atoms with E-state index in [-0.39, 0.29) is 5.57 Å². The maximum Gasteiger partial charge on any atom is 0.134 e. The van der Waals surface area contributed by atoms with Crippen LogP contribution in [0.5, 0.6) is 0 Å². The number of nitrogens with zero attached hydrogens (tertiary/aromatic N) is 2. The predicted molar refractivity (Wildman–Crippen MR) is 74.4 cm³/mol. The zero-order chi connectivity index (χ0) is 13.4. The van der Waals surface area contributed by atoms with Gasteiger partial charge < -0.3 is 4.98 Å². The summed E-state index contributed by atoms with van der Waals surface area (Å²) in [7, 11) is 0. The van der Waals surface area contributed by atoms with Gasteiger partial charge in [0.25, 0.3) is 0 Å². The van der Waals surface area contributed by atoms with E-state index >= 15 is 0 Å². The first-order chi connectivity index (χ1) is 9.24. The Kier molecular flexibility index (Phi) is 2.78. The van der Waals surface area contributed by atoms with E-state index < -0.39 is 0 Å². The second-order valence-electron chi connectivity index (χ2n) is 4.60. The van der Waals surface area contributed by atoms with Crippen molar-refractivity contribution < 1.29 is 0 Å². The summed E-state index contributed by atoms with van der Waals surface area (Å²) in [6.07, 6.45) is 2.67. The number of aromatic nitrogens is 1. The van der Waals surface area contributed by atoms with Crippen LogP contribution in [0.15, 0.2) is 23.8 Å². The Morgan fingerprint density at radius 2 is 2.00 bits per heavy atom. The first kappa shape index (κ1) is 11.8. The van der Waals surface area contributed by atoms with Gasteiger partial charge >= 0.3 is 0 Å². The zero-order valence-electron chi connectivity index (χ0n) is 10.1. The predicted octanol–water partition coefficient (Wildman–Crippen LogP) is 3.96. The lowest BCUT2D eigenvalue weighted by molar-refractivity contribution is 0.822. The second-order valence-corrected chi connectivity index (χ2v) is 5.04. The van der Waals surface area contributed by atoms with Gasteiger partial charge in [0.1, 0.15) is 17.7 Å². The lowest BCUT2D eigenvalue weighted by Gasteiger charge is -2.15. The highest BCUT2D eigenvalue weighted by atomic mass is 35.5. The molecule has 1 aromatic carbocycles. The van der Waals surface area contributed by atoms with Crippen LogP contribution in [-0.2, 0) is 6.42 Å². The summed E-state index contributed by atoms with van der Waals surface area (Å²) >= 11 is 6.04. The molecule has 0 radical (unpaired) electrons. The van der Waals surface area contributed by atoms with E-state index in [9.17, 15) is 0 Å². The molecule has 3 rings (SSSR count). The van der Waals surface area contributed by atoms with Crippen LogP contribution >= 0.6 is 11.6 Å². The molecule has 0 atom stereocenters. The van der Waals surface area contributed by atoms with Crippen LogP contribution in [0.2, 0.25) is 5.02 Å². The molecular formula is C15H10ClN3.